The van der Waals surface area contributed by atoms with Gasteiger partial charge < -0.3 is 14.2 Å². The average molecular weight is 928 g/mol. The lowest BCUT2D eigenvalue weighted by molar-refractivity contribution is -0.163. The smallest absolute Gasteiger partial charge is 0.306 e. The molecule has 0 saturated carbocycles. The van der Waals surface area contributed by atoms with E-state index in [9.17, 15) is 9.59 Å². The van der Waals surface area contributed by atoms with Gasteiger partial charge in [-0.25, -0.2) is 0 Å². The molecule has 0 rings (SSSR count). The number of hydrogen-bond acceptors (Lipinski definition) is 5. The van der Waals surface area contributed by atoms with E-state index in [1.807, 2.05) is 0 Å². The van der Waals surface area contributed by atoms with Crippen LogP contribution in [0, 0.1) is 0 Å². The van der Waals surface area contributed by atoms with Gasteiger partial charge in [0.2, 0.25) is 0 Å². The molecule has 1 atom stereocenters. The molecule has 0 aliphatic heterocycles. The van der Waals surface area contributed by atoms with Gasteiger partial charge in [0, 0.05) is 19.4 Å². The summed E-state index contributed by atoms with van der Waals surface area (Å²) in [6, 6.07) is 0. The van der Waals surface area contributed by atoms with E-state index in [2.05, 4.69) is 57.2 Å². The van der Waals surface area contributed by atoms with Crippen molar-refractivity contribution in [1.82, 2.24) is 0 Å². The molecule has 0 heterocycles. The van der Waals surface area contributed by atoms with Crippen LogP contribution in [0.3, 0.4) is 0 Å². The second-order valence-corrected chi connectivity index (χ2v) is 19.9. The van der Waals surface area contributed by atoms with Crippen molar-refractivity contribution < 1.29 is 23.8 Å². The molecule has 0 unspecified atom stereocenters. The highest BCUT2D eigenvalue weighted by Crippen LogP contribution is 2.17. The van der Waals surface area contributed by atoms with Crippen molar-refractivity contribution >= 4 is 11.9 Å². The second-order valence-electron chi connectivity index (χ2n) is 19.9. The summed E-state index contributed by atoms with van der Waals surface area (Å²) >= 11 is 0. The second kappa shape index (κ2) is 57.4. The van der Waals surface area contributed by atoms with E-state index in [1.54, 1.807) is 0 Å². The molecule has 0 aliphatic carbocycles. The van der Waals surface area contributed by atoms with Gasteiger partial charge in [-0.05, 0) is 51.4 Å². The van der Waals surface area contributed by atoms with E-state index >= 15 is 0 Å². The molecule has 0 bridgehead atoms. The van der Waals surface area contributed by atoms with Gasteiger partial charge in [-0.2, -0.15) is 0 Å². The lowest BCUT2D eigenvalue weighted by Gasteiger charge is -2.18. The van der Waals surface area contributed by atoms with Crippen molar-refractivity contribution in [2.24, 2.45) is 0 Å². The third kappa shape index (κ3) is 54.7. The summed E-state index contributed by atoms with van der Waals surface area (Å²) in [5.74, 6) is -0.394. The van der Waals surface area contributed by atoms with Crippen molar-refractivity contribution in [2.45, 2.75) is 322 Å². The first-order valence-corrected chi connectivity index (χ1v) is 29.5. The molecule has 0 N–H and O–H groups in total. The molecule has 0 saturated heterocycles. The number of allylic oxidation sites excluding steroid dienone is 6. The Morgan fingerprint density at radius 2 is 0.682 bits per heavy atom. The Bertz CT molecular complexity index is 1050. The molecule has 66 heavy (non-hydrogen) atoms. The minimum atomic E-state index is -0.538. The zero-order chi connectivity index (χ0) is 47.7. The van der Waals surface area contributed by atoms with Crippen LogP contribution in [0.4, 0.5) is 0 Å². The normalized spacial score (nSPS) is 12.3. The van der Waals surface area contributed by atoms with Crippen LogP contribution in [0.5, 0.6) is 0 Å². The van der Waals surface area contributed by atoms with Crippen LogP contribution in [0.1, 0.15) is 316 Å². The number of ether oxygens (including phenoxy) is 3. The number of esters is 2. The monoisotopic (exact) mass is 927 g/mol. The van der Waals surface area contributed by atoms with Crippen molar-refractivity contribution in [1.29, 1.82) is 0 Å². The highest BCUT2D eigenvalue weighted by atomic mass is 16.6. The quantitative estimate of drug-likeness (QED) is 0.0345. The molecule has 0 amide bonds. The summed E-state index contributed by atoms with van der Waals surface area (Å²) in [6.07, 6.45) is 70.3. The fourth-order valence-corrected chi connectivity index (χ4v) is 8.82. The summed E-state index contributed by atoms with van der Waals surface area (Å²) in [4.78, 5) is 25.5. The van der Waals surface area contributed by atoms with Gasteiger partial charge >= 0.3 is 11.9 Å². The van der Waals surface area contributed by atoms with Crippen LogP contribution < -0.4 is 0 Å². The van der Waals surface area contributed by atoms with Gasteiger partial charge in [0.1, 0.15) is 6.61 Å². The van der Waals surface area contributed by atoms with Crippen LogP contribution in [0.2, 0.25) is 0 Å². The molecule has 0 radical (unpaired) electrons. The average Bonchev–Trinajstić information content (AvgIpc) is 3.32. The van der Waals surface area contributed by atoms with E-state index in [4.69, 9.17) is 14.2 Å². The van der Waals surface area contributed by atoms with Crippen molar-refractivity contribution in [3.8, 4) is 0 Å². The summed E-state index contributed by atoms with van der Waals surface area (Å²) < 4.78 is 17.5. The minimum Gasteiger partial charge on any atom is -0.462 e. The van der Waals surface area contributed by atoms with E-state index < -0.39 is 6.10 Å². The first-order chi connectivity index (χ1) is 32.6. The first-order valence-electron chi connectivity index (χ1n) is 29.5. The number of carbonyl (C=O) groups is 2. The van der Waals surface area contributed by atoms with E-state index in [0.29, 0.717) is 19.4 Å². The molecule has 0 aromatic heterocycles. The lowest BCUT2D eigenvalue weighted by Crippen LogP contribution is -2.30. The molecular weight excluding hydrogens is 813 g/mol. The zero-order valence-corrected chi connectivity index (χ0v) is 44.7. The Kier molecular flexibility index (Phi) is 55.8. The molecule has 5 nitrogen and oxygen atoms in total. The molecule has 0 aromatic carbocycles. The molecule has 0 spiro atoms. The van der Waals surface area contributed by atoms with Gasteiger partial charge in [0.25, 0.3) is 0 Å². The first kappa shape index (κ1) is 64.1. The topological polar surface area (TPSA) is 61.8 Å². The maximum absolute atomic E-state index is 12.9. The number of rotatable bonds is 55. The zero-order valence-electron chi connectivity index (χ0n) is 44.7. The van der Waals surface area contributed by atoms with Crippen LogP contribution in [-0.2, 0) is 23.8 Å². The molecule has 388 valence electrons. The number of hydrogen-bond donors (Lipinski definition) is 0. The Morgan fingerprint density at radius 1 is 0.348 bits per heavy atom. The Balaban J connectivity index is 4.23. The summed E-state index contributed by atoms with van der Waals surface area (Å²) in [5, 5.41) is 0. The summed E-state index contributed by atoms with van der Waals surface area (Å²) in [6.45, 7) is 7.77. The Labute approximate surface area is 412 Å². The third-order valence-electron chi connectivity index (χ3n) is 13.2. The van der Waals surface area contributed by atoms with Crippen molar-refractivity contribution in [3.05, 3.63) is 36.5 Å². The molecular formula is C61H114O5. The van der Waals surface area contributed by atoms with E-state index in [1.165, 1.54) is 218 Å². The number of carbonyl (C=O) groups excluding carboxylic acids is 2. The molecule has 0 fully saturated rings. The van der Waals surface area contributed by atoms with Crippen LogP contribution >= 0.6 is 0 Å². The standard InChI is InChI=1S/C61H114O5/c1-4-7-10-13-16-19-22-25-28-30-31-32-34-37-40-43-46-49-52-55-61(63)66-59(57-64-56-53-50-47-44-41-38-35-29-26-23-20-17-14-11-8-5-2)58-65-60(62)54-51-48-45-42-39-36-33-27-24-21-18-15-12-9-6-3/h9,12,18,21,27,33,59H,4-8,10-11,13-17,19-20,22-26,28-32,34-58H2,1-3H3/b12-9-,21-18-,33-27-/t59-/m1/s1. The van der Waals surface area contributed by atoms with Gasteiger partial charge in [-0.1, -0.05) is 288 Å². The maximum Gasteiger partial charge on any atom is 0.306 e. The summed E-state index contributed by atoms with van der Waals surface area (Å²) in [5.41, 5.74) is 0. The summed E-state index contributed by atoms with van der Waals surface area (Å²) in [7, 11) is 0. The Morgan fingerprint density at radius 3 is 1.09 bits per heavy atom. The van der Waals surface area contributed by atoms with Gasteiger partial charge in [0.05, 0.1) is 6.61 Å². The highest BCUT2D eigenvalue weighted by Gasteiger charge is 2.17. The molecule has 0 aliphatic rings. The minimum absolute atomic E-state index is 0.0830. The maximum atomic E-state index is 12.9. The fourth-order valence-electron chi connectivity index (χ4n) is 8.82. The van der Waals surface area contributed by atoms with Gasteiger partial charge in [-0.3, -0.25) is 9.59 Å². The van der Waals surface area contributed by atoms with E-state index in [0.717, 1.165) is 64.2 Å². The SMILES string of the molecule is CC/C=C\C/C=C\C/C=C\CCCCCCCC(=O)OC[C@@H](COCCCCCCCCCCCCCCCCCC)OC(=O)CCCCCCCCCCCCCCCCCCCCC. The largest absolute Gasteiger partial charge is 0.462 e. The van der Waals surface area contributed by atoms with Crippen molar-refractivity contribution in [3.63, 3.8) is 0 Å². The van der Waals surface area contributed by atoms with Crippen LogP contribution in [0.15, 0.2) is 36.5 Å². The van der Waals surface area contributed by atoms with Crippen LogP contribution in [0.25, 0.3) is 0 Å². The lowest BCUT2D eigenvalue weighted by atomic mass is 10.0. The fraction of sp³-hybridized carbons (Fsp3) is 0.869. The highest BCUT2D eigenvalue weighted by molar-refractivity contribution is 5.70. The van der Waals surface area contributed by atoms with Crippen LogP contribution in [-0.4, -0.2) is 37.9 Å². The molecule has 0 aromatic rings. The van der Waals surface area contributed by atoms with Crippen molar-refractivity contribution in [2.75, 3.05) is 19.8 Å². The van der Waals surface area contributed by atoms with E-state index in [-0.39, 0.29) is 25.2 Å². The number of unbranched alkanes of at least 4 members (excludes halogenated alkanes) is 38. The third-order valence-corrected chi connectivity index (χ3v) is 13.2. The Hall–Kier alpha value is -1.88. The van der Waals surface area contributed by atoms with Gasteiger partial charge in [0.15, 0.2) is 6.10 Å². The predicted octanol–water partition coefficient (Wildman–Crippen LogP) is 20.1. The molecule has 5 heteroatoms. The van der Waals surface area contributed by atoms with Gasteiger partial charge in [-0.15, -0.1) is 0 Å². The predicted molar refractivity (Wildman–Crippen MR) is 288 cm³/mol.